The quantitative estimate of drug-likeness (QED) is 0.909. The van der Waals surface area contributed by atoms with Gasteiger partial charge in [-0.2, -0.15) is 5.10 Å². The van der Waals surface area contributed by atoms with Crippen LogP contribution in [0.1, 0.15) is 23.7 Å². The molecule has 0 spiro atoms. The minimum atomic E-state index is -0.355. The Kier molecular flexibility index (Phi) is 5.10. The van der Waals surface area contributed by atoms with Gasteiger partial charge in [-0.3, -0.25) is 9.48 Å². The first kappa shape index (κ1) is 16.4. The number of aromatic nitrogens is 2. The zero-order valence-corrected chi connectivity index (χ0v) is 13.4. The highest BCUT2D eigenvalue weighted by atomic mass is 19.1. The fourth-order valence-corrected chi connectivity index (χ4v) is 2.61. The number of nitrogens with zero attached hydrogens (tertiary/aromatic N) is 2. The van der Waals surface area contributed by atoms with Gasteiger partial charge in [0.05, 0.1) is 31.0 Å². The summed E-state index contributed by atoms with van der Waals surface area (Å²) in [5.41, 5.74) is 0.493. The van der Waals surface area contributed by atoms with Crippen molar-refractivity contribution in [2.24, 2.45) is 0 Å². The minimum absolute atomic E-state index is 0.224. The van der Waals surface area contributed by atoms with E-state index in [9.17, 15) is 9.18 Å². The first-order valence-corrected chi connectivity index (χ1v) is 7.99. The number of benzene rings is 1. The van der Waals surface area contributed by atoms with Crippen LogP contribution in [0.2, 0.25) is 0 Å². The molecular formula is C17H20FN3O3. The van der Waals surface area contributed by atoms with Gasteiger partial charge in [0.25, 0.3) is 5.91 Å². The molecule has 1 fully saturated rings. The van der Waals surface area contributed by atoms with Crippen LogP contribution in [-0.2, 0) is 11.3 Å². The lowest BCUT2D eigenvalue weighted by Gasteiger charge is -2.32. The zero-order valence-electron chi connectivity index (χ0n) is 13.4. The molecule has 2 atom stereocenters. The van der Waals surface area contributed by atoms with Crippen LogP contribution in [0.5, 0.6) is 5.75 Å². The molecule has 1 aliphatic rings. The summed E-state index contributed by atoms with van der Waals surface area (Å²) in [6.45, 7) is 3.55. The molecular weight excluding hydrogens is 313 g/mol. The normalized spacial score (nSPS) is 20.6. The van der Waals surface area contributed by atoms with E-state index < -0.39 is 0 Å². The lowest BCUT2D eigenvalue weighted by atomic mass is 10.1. The lowest BCUT2D eigenvalue weighted by Crippen LogP contribution is -2.51. The molecule has 1 aromatic heterocycles. The van der Waals surface area contributed by atoms with Gasteiger partial charge in [0.15, 0.2) is 0 Å². The van der Waals surface area contributed by atoms with Gasteiger partial charge in [-0.25, -0.2) is 4.39 Å². The van der Waals surface area contributed by atoms with E-state index in [1.807, 2.05) is 6.92 Å². The molecule has 128 valence electrons. The third kappa shape index (κ3) is 3.91. The van der Waals surface area contributed by atoms with Crippen molar-refractivity contribution in [1.29, 1.82) is 0 Å². The maximum absolute atomic E-state index is 13.3. The summed E-state index contributed by atoms with van der Waals surface area (Å²) in [6.07, 6.45) is 3.58. The Labute approximate surface area is 139 Å². The summed E-state index contributed by atoms with van der Waals surface area (Å²) in [7, 11) is 0. The van der Waals surface area contributed by atoms with Crippen molar-refractivity contribution in [3.05, 3.63) is 48.0 Å². The Morgan fingerprint density at radius 3 is 3.17 bits per heavy atom. The second-order valence-corrected chi connectivity index (χ2v) is 5.64. The molecule has 3 rings (SSSR count). The smallest absolute Gasteiger partial charge is 0.254 e. The largest absolute Gasteiger partial charge is 0.488 e. The number of rotatable bonds is 5. The maximum Gasteiger partial charge on any atom is 0.254 e. The number of ether oxygens (including phenoxy) is 2. The van der Waals surface area contributed by atoms with Crippen molar-refractivity contribution >= 4 is 5.91 Å². The third-order valence-corrected chi connectivity index (χ3v) is 3.91. The van der Waals surface area contributed by atoms with Crippen molar-refractivity contribution in [1.82, 2.24) is 15.1 Å². The Balaban J connectivity index is 1.66. The number of aryl methyl sites for hydroxylation is 1. The summed E-state index contributed by atoms with van der Waals surface area (Å²) in [6, 6.07) is 5.68. The van der Waals surface area contributed by atoms with Gasteiger partial charge in [-0.15, -0.1) is 0 Å². The average Bonchev–Trinajstić information content (AvgIpc) is 3.06. The van der Waals surface area contributed by atoms with E-state index in [0.29, 0.717) is 37.5 Å². The second kappa shape index (κ2) is 7.44. The number of amides is 1. The van der Waals surface area contributed by atoms with Crippen LogP contribution in [-0.4, -0.2) is 41.0 Å². The fraction of sp³-hybridized carbons (Fsp3) is 0.412. The average molecular weight is 333 g/mol. The number of hydrogen-bond acceptors (Lipinski definition) is 4. The molecule has 0 aliphatic carbocycles. The summed E-state index contributed by atoms with van der Waals surface area (Å²) in [4.78, 5) is 12.4. The lowest BCUT2D eigenvalue weighted by molar-refractivity contribution is -0.00297. The predicted octanol–water partition coefficient (Wildman–Crippen LogP) is 2.01. The molecule has 1 aromatic carbocycles. The molecule has 24 heavy (non-hydrogen) atoms. The van der Waals surface area contributed by atoms with E-state index in [-0.39, 0.29) is 23.9 Å². The zero-order chi connectivity index (χ0) is 16.9. The van der Waals surface area contributed by atoms with Crippen LogP contribution in [0.25, 0.3) is 0 Å². The number of nitrogens with one attached hydrogen (secondary N) is 1. The second-order valence-electron chi connectivity index (χ2n) is 5.64. The van der Waals surface area contributed by atoms with Crippen LogP contribution in [0.15, 0.2) is 36.7 Å². The van der Waals surface area contributed by atoms with Gasteiger partial charge in [-0.05, 0) is 19.1 Å². The van der Waals surface area contributed by atoms with Crippen molar-refractivity contribution in [3.63, 3.8) is 0 Å². The first-order chi connectivity index (χ1) is 11.7. The highest BCUT2D eigenvalue weighted by molar-refractivity contribution is 5.93. The first-order valence-electron chi connectivity index (χ1n) is 7.99. The Morgan fingerprint density at radius 2 is 2.42 bits per heavy atom. The maximum atomic E-state index is 13.3. The molecule has 0 saturated carbocycles. The molecule has 0 unspecified atom stereocenters. The molecule has 1 saturated heterocycles. The molecule has 7 heteroatoms. The van der Waals surface area contributed by atoms with Crippen LogP contribution in [0.4, 0.5) is 4.39 Å². The Bertz CT molecular complexity index is 704. The van der Waals surface area contributed by atoms with E-state index in [4.69, 9.17) is 9.47 Å². The number of carbonyl (C=O) groups excluding carboxylic acids is 1. The summed E-state index contributed by atoms with van der Waals surface area (Å²) in [5, 5.41) is 7.02. The van der Waals surface area contributed by atoms with E-state index >= 15 is 0 Å². The minimum Gasteiger partial charge on any atom is -0.488 e. The van der Waals surface area contributed by atoms with E-state index in [0.717, 1.165) is 0 Å². The van der Waals surface area contributed by atoms with Crippen molar-refractivity contribution in [2.45, 2.75) is 32.0 Å². The molecule has 2 heterocycles. The number of carbonyl (C=O) groups is 1. The van der Waals surface area contributed by atoms with Crippen LogP contribution in [0.3, 0.4) is 0 Å². The van der Waals surface area contributed by atoms with Crippen molar-refractivity contribution in [2.75, 3.05) is 13.2 Å². The number of halogens is 1. The van der Waals surface area contributed by atoms with Crippen LogP contribution in [0, 0.1) is 5.82 Å². The molecule has 6 nitrogen and oxygen atoms in total. The van der Waals surface area contributed by atoms with Gasteiger partial charge >= 0.3 is 0 Å². The van der Waals surface area contributed by atoms with Gasteiger partial charge in [0.2, 0.25) is 0 Å². The SMILES string of the molecule is CCn1cc(C(=O)N[C@@H]2COCC[C@@H]2Oc2cccc(F)c2)cn1. The molecule has 1 amide bonds. The Morgan fingerprint density at radius 1 is 1.54 bits per heavy atom. The summed E-state index contributed by atoms with van der Waals surface area (Å²) in [5.74, 6) is -0.134. The molecule has 1 aliphatic heterocycles. The number of hydrogen-bond donors (Lipinski definition) is 1. The van der Waals surface area contributed by atoms with Gasteiger partial charge < -0.3 is 14.8 Å². The fourth-order valence-electron chi connectivity index (χ4n) is 2.61. The highest BCUT2D eigenvalue weighted by Crippen LogP contribution is 2.19. The molecule has 0 bridgehead atoms. The van der Waals surface area contributed by atoms with Gasteiger partial charge in [-0.1, -0.05) is 6.07 Å². The van der Waals surface area contributed by atoms with Crippen molar-refractivity contribution < 1.29 is 18.7 Å². The van der Waals surface area contributed by atoms with E-state index in [1.54, 1.807) is 23.0 Å². The predicted molar refractivity (Wildman–Crippen MR) is 85.4 cm³/mol. The Hall–Kier alpha value is -2.41. The van der Waals surface area contributed by atoms with Gasteiger partial charge in [0.1, 0.15) is 17.7 Å². The van der Waals surface area contributed by atoms with E-state index in [2.05, 4.69) is 10.4 Å². The van der Waals surface area contributed by atoms with E-state index in [1.165, 1.54) is 18.3 Å². The standard InChI is InChI=1S/C17H20FN3O3/c1-2-21-10-12(9-19-21)17(22)20-15-11-23-7-6-16(15)24-14-5-3-4-13(18)8-14/h3-5,8-10,15-16H,2,6-7,11H2,1H3,(H,20,22)/t15-,16+/m1/s1. The van der Waals surface area contributed by atoms with Crippen LogP contribution >= 0.6 is 0 Å². The third-order valence-electron chi connectivity index (χ3n) is 3.91. The van der Waals surface area contributed by atoms with Crippen LogP contribution < -0.4 is 10.1 Å². The molecule has 2 aromatic rings. The summed E-state index contributed by atoms with van der Waals surface area (Å²) < 4.78 is 26.3. The van der Waals surface area contributed by atoms with Crippen molar-refractivity contribution in [3.8, 4) is 5.75 Å². The molecule has 1 N–H and O–H groups in total. The topological polar surface area (TPSA) is 65.4 Å². The summed E-state index contributed by atoms with van der Waals surface area (Å²) >= 11 is 0. The molecule has 0 radical (unpaired) electrons. The highest BCUT2D eigenvalue weighted by Gasteiger charge is 2.29. The van der Waals surface area contributed by atoms with Gasteiger partial charge in [0, 0.05) is 25.2 Å². The monoisotopic (exact) mass is 333 g/mol.